The van der Waals surface area contributed by atoms with Gasteiger partial charge in [-0.25, -0.2) is 12.7 Å². The molecule has 0 fully saturated rings. The lowest BCUT2D eigenvalue weighted by atomic mass is 10.1. The van der Waals surface area contributed by atoms with E-state index in [1.807, 2.05) is 42.5 Å². The van der Waals surface area contributed by atoms with Crippen molar-refractivity contribution in [3.63, 3.8) is 0 Å². The Morgan fingerprint density at radius 1 is 0.955 bits per heavy atom. The number of sulfonamides is 1. The van der Waals surface area contributed by atoms with Gasteiger partial charge in [-0.05, 0) is 29.7 Å². The van der Waals surface area contributed by atoms with Gasteiger partial charge in [-0.15, -0.1) is 0 Å². The van der Waals surface area contributed by atoms with Crippen molar-refractivity contribution in [1.82, 2.24) is 4.31 Å². The molecule has 0 saturated carbocycles. The molecule has 0 amide bonds. The van der Waals surface area contributed by atoms with Gasteiger partial charge in [0.15, 0.2) is 0 Å². The molecule has 22 heavy (non-hydrogen) atoms. The molecule has 0 spiro atoms. The lowest BCUT2D eigenvalue weighted by molar-refractivity contribution is 0.189. The molecule has 0 heterocycles. The number of hydrogen-bond donors (Lipinski definition) is 0. The summed E-state index contributed by atoms with van der Waals surface area (Å²) in [7, 11) is -0.239. The number of benzene rings is 2. The van der Waals surface area contributed by atoms with Crippen LogP contribution in [0.4, 0.5) is 0 Å². The van der Waals surface area contributed by atoms with Crippen molar-refractivity contribution in [2.75, 3.05) is 27.3 Å². The van der Waals surface area contributed by atoms with Crippen LogP contribution in [0.2, 0.25) is 0 Å². The molecular formula is C17H21NO3S. The maximum atomic E-state index is 12.5. The largest absolute Gasteiger partial charge is 0.385 e. The summed E-state index contributed by atoms with van der Waals surface area (Å²) in [5, 5.41) is 0. The highest BCUT2D eigenvalue weighted by atomic mass is 32.2. The Labute approximate surface area is 132 Å². The van der Waals surface area contributed by atoms with Crippen LogP contribution in [0.1, 0.15) is 6.42 Å². The van der Waals surface area contributed by atoms with E-state index in [0.717, 1.165) is 11.1 Å². The smallest absolute Gasteiger partial charge is 0.242 e. The van der Waals surface area contributed by atoms with E-state index >= 15 is 0 Å². The summed E-state index contributed by atoms with van der Waals surface area (Å²) in [6.07, 6.45) is 0.675. The third-order valence-electron chi connectivity index (χ3n) is 3.49. The van der Waals surface area contributed by atoms with Crippen LogP contribution in [-0.2, 0) is 14.8 Å². The molecule has 5 heteroatoms. The predicted octanol–water partition coefficient (Wildman–Crippen LogP) is 3.01. The van der Waals surface area contributed by atoms with E-state index in [4.69, 9.17) is 4.74 Å². The first-order valence-electron chi connectivity index (χ1n) is 7.16. The fraction of sp³-hybridized carbons (Fsp3) is 0.294. The van der Waals surface area contributed by atoms with E-state index in [0.29, 0.717) is 24.5 Å². The fourth-order valence-corrected chi connectivity index (χ4v) is 3.39. The number of methoxy groups -OCH3 is 1. The van der Waals surface area contributed by atoms with Crippen molar-refractivity contribution in [1.29, 1.82) is 0 Å². The monoisotopic (exact) mass is 319 g/mol. The molecule has 118 valence electrons. The molecule has 0 unspecified atom stereocenters. The summed E-state index contributed by atoms with van der Waals surface area (Å²) < 4.78 is 31.2. The zero-order valence-corrected chi connectivity index (χ0v) is 13.7. The van der Waals surface area contributed by atoms with Gasteiger partial charge in [-0.1, -0.05) is 42.5 Å². The van der Waals surface area contributed by atoms with Gasteiger partial charge >= 0.3 is 0 Å². The molecule has 0 N–H and O–H groups in total. The summed E-state index contributed by atoms with van der Waals surface area (Å²) >= 11 is 0. The van der Waals surface area contributed by atoms with Gasteiger partial charge in [-0.3, -0.25) is 0 Å². The number of nitrogens with zero attached hydrogens (tertiary/aromatic N) is 1. The summed E-state index contributed by atoms with van der Waals surface area (Å²) in [4.78, 5) is 0.312. The van der Waals surface area contributed by atoms with Crippen LogP contribution in [0, 0.1) is 0 Å². The maximum Gasteiger partial charge on any atom is 0.242 e. The van der Waals surface area contributed by atoms with E-state index in [2.05, 4.69) is 0 Å². The Kier molecular flexibility index (Phi) is 5.71. The summed E-state index contributed by atoms with van der Waals surface area (Å²) in [6.45, 7) is 0.989. The molecule has 2 aromatic carbocycles. The zero-order valence-electron chi connectivity index (χ0n) is 12.9. The highest BCUT2D eigenvalue weighted by Gasteiger charge is 2.20. The highest BCUT2D eigenvalue weighted by molar-refractivity contribution is 7.89. The predicted molar refractivity (Wildman–Crippen MR) is 88.2 cm³/mol. The first-order chi connectivity index (χ1) is 10.6. The number of ether oxygens (including phenoxy) is 1. The first kappa shape index (κ1) is 16.7. The van der Waals surface area contributed by atoms with E-state index in [1.165, 1.54) is 4.31 Å². The minimum absolute atomic E-state index is 0.312. The van der Waals surface area contributed by atoms with Gasteiger partial charge in [0.1, 0.15) is 0 Å². The zero-order chi connectivity index (χ0) is 16.0. The molecule has 0 atom stereocenters. The average Bonchev–Trinajstić information content (AvgIpc) is 2.56. The topological polar surface area (TPSA) is 46.6 Å². The molecular weight excluding hydrogens is 298 g/mol. The van der Waals surface area contributed by atoms with E-state index in [1.54, 1.807) is 26.3 Å². The van der Waals surface area contributed by atoms with Crippen molar-refractivity contribution < 1.29 is 13.2 Å². The normalized spacial score (nSPS) is 11.8. The first-order valence-corrected chi connectivity index (χ1v) is 8.60. The molecule has 0 aromatic heterocycles. The molecule has 0 radical (unpaired) electrons. The molecule has 4 nitrogen and oxygen atoms in total. The van der Waals surface area contributed by atoms with E-state index in [-0.39, 0.29) is 0 Å². The minimum atomic E-state index is -3.44. The Balaban J connectivity index is 2.15. The van der Waals surface area contributed by atoms with Crippen LogP contribution in [0.25, 0.3) is 11.1 Å². The van der Waals surface area contributed by atoms with Crippen LogP contribution < -0.4 is 0 Å². The summed E-state index contributed by atoms with van der Waals surface area (Å²) in [6, 6.07) is 16.9. The lowest BCUT2D eigenvalue weighted by Gasteiger charge is -2.17. The second kappa shape index (κ2) is 7.54. The van der Waals surface area contributed by atoms with E-state index < -0.39 is 10.0 Å². The number of rotatable bonds is 7. The molecule has 0 saturated heterocycles. The van der Waals surface area contributed by atoms with Crippen molar-refractivity contribution in [2.24, 2.45) is 0 Å². The molecule has 2 aromatic rings. The Morgan fingerprint density at radius 2 is 1.55 bits per heavy atom. The second-order valence-corrected chi connectivity index (χ2v) is 7.11. The summed E-state index contributed by atoms with van der Waals surface area (Å²) in [5.41, 5.74) is 2.07. The lowest BCUT2D eigenvalue weighted by Crippen LogP contribution is -2.28. The van der Waals surface area contributed by atoms with Crippen LogP contribution >= 0.6 is 0 Å². The Bertz CT molecular complexity index is 682. The molecule has 2 rings (SSSR count). The van der Waals surface area contributed by atoms with Crippen molar-refractivity contribution in [3.8, 4) is 11.1 Å². The SMILES string of the molecule is COCCCN(C)S(=O)(=O)c1ccc(-c2ccccc2)cc1. The van der Waals surface area contributed by atoms with Crippen molar-refractivity contribution in [2.45, 2.75) is 11.3 Å². The van der Waals surface area contributed by atoms with Crippen molar-refractivity contribution in [3.05, 3.63) is 54.6 Å². The van der Waals surface area contributed by atoms with Gasteiger partial charge in [0, 0.05) is 27.3 Å². The van der Waals surface area contributed by atoms with Crippen LogP contribution in [0.15, 0.2) is 59.5 Å². The third-order valence-corrected chi connectivity index (χ3v) is 5.36. The highest BCUT2D eigenvalue weighted by Crippen LogP contribution is 2.22. The van der Waals surface area contributed by atoms with Crippen LogP contribution in [0.3, 0.4) is 0 Å². The van der Waals surface area contributed by atoms with Gasteiger partial charge in [0.05, 0.1) is 4.90 Å². The Morgan fingerprint density at radius 3 is 2.14 bits per heavy atom. The van der Waals surface area contributed by atoms with Gasteiger partial charge in [0.25, 0.3) is 0 Å². The number of hydrogen-bond acceptors (Lipinski definition) is 3. The third kappa shape index (κ3) is 3.94. The van der Waals surface area contributed by atoms with Crippen molar-refractivity contribution >= 4 is 10.0 Å². The van der Waals surface area contributed by atoms with Gasteiger partial charge in [0.2, 0.25) is 10.0 Å². The van der Waals surface area contributed by atoms with Crippen LogP contribution in [-0.4, -0.2) is 40.0 Å². The van der Waals surface area contributed by atoms with Crippen LogP contribution in [0.5, 0.6) is 0 Å². The summed E-state index contributed by atoms with van der Waals surface area (Å²) in [5.74, 6) is 0. The fourth-order valence-electron chi connectivity index (χ4n) is 2.18. The molecule has 0 aliphatic heterocycles. The minimum Gasteiger partial charge on any atom is -0.385 e. The molecule has 0 bridgehead atoms. The van der Waals surface area contributed by atoms with Gasteiger partial charge < -0.3 is 4.74 Å². The standard InChI is InChI=1S/C17H21NO3S/c1-18(13-6-14-21-2)22(19,20)17-11-9-16(10-12-17)15-7-4-3-5-8-15/h3-5,7-12H,6,13-14H2,1-2H3. The Hall–Kier alpha value is -1.69. The second-order valence-electron chi connectivity index (χ2n) is 5.06. The average molecular weight is 319 g/mol. The van der Waals surface area contributed by atoms with E-state index in [9.17, 15) is 8.42 Å². The quantitative estimate of drug-likeness (QED) is 0.737. The molecule has 0 aliphatic rings. The molecule has 0 aliphatic carbocycles. The van der Waals surface area contributed by atoms with Gasteiger partial charge in [-0.2, -0.15) is 0 Å². The maximum absolute atomic E-state index is 12.5.